The summed E-state index contributed by atoms with van der Waals surface area (Å²) in [5.41, 5.74) is -0.0746. The predicted octanol–water partition coefficient (Wildman–Crippen LogP) is 3.29. The van der Waals surface area contributed by atoms with E-state index in [-0.39, 0.29) is 18.2 Å². The van der Waals surface area contributed by atoms with Crippen LogP contribution in [0.3, 0.4) is 0 Å². The van der Waals surface area contributed by atoms with E-state index >= 15 is 0 Å². The maximum absolute atomic E-state index is 13.2. The van der Waals surface area contributed by atoms with Gasteiger partial charge in [-0.1, -0.05) is 6.07 Å². The first-order chi connectivity index (χ1) is 9.58. The Morgan fingerprint density at radius 2 is 1.75 bits per heavy atom. The van der Waals surface area contributed by atoms with E-state index in [0.717, 1.165) is 6.07 Å². The van der Waals surface area contributed by atoms with E-state index in [1.807, 2.05) is 0 Å². The summed E-state index contributed by atoms with van der Waals surface area (Å²) in [4.78, 5) is 9.90. The van der Waals surface area contributed by atoms with Gasteiger partial charge >= 0.3 is 0 Å². The molecule has 5 nitrogen and oxygen atoms in total. The number of nitro groups is 1. The Morgan fingerprint density at radius 1 is 1.05 bits per heavy atom. The first-order valence-electron chi connectivity index (χ1n) is 5.52. The zero-order chi connectivity index (χ0) is 14.5. The van der Waals surface area contributed by atoms with Gasteiger partial charge in [0.15, 0.2) is 11.6 Å². The van der Waals surface area contributed by atoms with Gasteiger partial charge in [0.25, 0.3) is 5.69 Å². The summed E-state index contributed by atoms with van der Waals surface area (Å²) < 4.78 is 36.2. The van der Waals surface area contributed by atoms with Crippen molar-refractivity contribution >= 4 is 5.69 Å². The summed E-state index contributed by atoms with van der Waals surface area (Å²) in [7, 11) is 0. The van der Waals surface area contributed by atoms with Gasteiger partial charge in [0, 0.05) is 12.1 Å². The fourth-order valence-electron chi connectivity index (χ4n) is 1.42. The molecular formula is C13H9F2NO4. The molecule has 20 heavy (non-hydrogen) atoms. The molecule has 0 radical (unpaired) electrons. The Morgan fingerprint density at radius 3 is 2.40 bits per heavy atom. The Labute approximate surface area is 112 Å². The first-order valence-corrected chi connectivity index (χ1v) is 5.52. The lowest BCUT2D eigenvalue weighted by atomic mass is 10.3. The van der Waals surface area contributed by atoms with Gasteiger partial charge in [0.05, 0.1) is 4.92 Å². The highest BCUT2D eigenvalue weighted by molar-refractivity contribution is 5.36. The van der Waals surface area contributed by atoms with Crippen LogP contribution in [-0.2, 0) is 0 Å². The second-order valence-electron chi connectivity index (χ2n) is 3.71. The number of non-ortho nitro benzene ring substituents is 1. The highest BCUT2D eigenvalue weighted by Gasteiger charge is 2.09. The van der Waals surface area contributed by atoms with E-state index in [4.69, 9.17) is 9.47 Å². The van der Waals surface area contributed by atoms with Crippen molar-refractivity contribution in [2.75, 3.05) is 6.79 Å². The molecule has 2 aromatic carbocycles. The molecule has 0 aliphatic carbocycles. The maximum Gasteiger partial charge on any atom is 0.269 e. The standard InChI is InChI=1S/C13H9F2NO4/c14-11-2-1-3-12(13(11)15)20-8-19-10-6-4-9(5-7-10)16(17)18/h1-7H,8H2. The molecule has 0 fully saturated rings. The third kappa shape index (κ3) is 3.19. The Bertz CT molecular complexity index is 616. The average molecular weight is 281 g/mol. The van der Waals surface area contributed by atoms with Crippen molar-refractivity contribution in [3.05, 3.63) is 64.2 Å². The number of nitro benzene ring substituents is 1. The van der Waals surface area contributed by atoms with E-state index in [2.05, 4.69) is 0 Å². The number of nitrogens with zero attached hydrogens (tertiary/aromatic N) is 1. The molecule has 104 valence electrons. The van der Waals surface area contributed by atoms with E-state index in [9.17, 15) is 18.9 Å². The number of rotatable bonds is 5. The molecule has 2 aromatic rings. The predicted molar refractivity (Wildman–Crippen MR) is 65.6 cm³/mol. The Balaban J connectivity index is 1.92. The van der Waals surface area contributed by atoms with Crippen LogP contribution in [0.1, 0.15) is 0 Å². The molecule has 0 bridgehead atoms. The van der Waals surface area contributed by atoms with Gasteiger partial charge in [-0.3, -0.25) is 10.1 Å². The maximum atomic E-state index is 13.2. The van der Waals surface area contributed by atoms with Crippen LogP contribution in [0.2, 0.25) is 0 Å². The zero-order valence-corrected chi connectivity index (χ0v) is 10.1. The monoisotopic (exact) mass is 281 g/mol. The normalized spacial score (nSPS) is 10.1. The van der Waals surface area contributed by atoms with Gasteiger partial charge in [0.2, 0.25) is 12.6 Å². The van der Waals surface area contributed by atoms with Gasteiger partial charge in [0.1, 0.15) is 5.75 Å². The van der Waals surface area contributed by atoms with Gasteiger partial charge in [-0.2, -0.15) is 4.39 Å². The molecule has 0 spiro atoms. The Hall–Kier alpha value is -2.70. The topological polar surface area (TPSA) is 61.6 Å². The third-order valence-electron chi connectivity index (χ3n) is 2.40. The summed E-state index contributed by atoms with van der Waals surface area (Å²) in [6.07, 6.45) is 0. The Kier molecular flexibility index (Phi) is 4.09. The van der Waals surface area contributed by atoms with E-state index in [1.54, 1.807) is 0 Å². The van der Waals surface area contributed by atoms with E-state index < -0.39 is 16.6 Å². The molecule has 0 aliphatic rings. The lowest BCUT2D eigenvalue weighted by Crippen LogP contribution is -2.07. The summed E-state index contributed by atoms with van der Waals surface area (Å²) in [5.74, 6) is -2.07. The number of hydrogen-bond donors (Lipinski definition) is 0. The van der Waals surface area contributed by atoms with Crippen LogP contribution >= 0.6 is 0 Å². The second-order valence-corrected chi connectivity index (χ2v) is 3.71. The summed E-state index contributed by atoms with van der Waals surface area (Å²) in [5, 5.41) is 10.4. The average Bonchev–Trinajstić information content (AvgIpc) is 2.44. The molecule has 2 rings (SSSR count). The lowest BCUT2D eigenvalue weighted by Gasteiger charge is -2.09. The van der Waals surface area contributed by atoms with Gasteiger partial charge in [-0.05, 0) is 24.3 Å². The molecule has 0 N–H and O–H groups in total. The molecule has 0 saturated heterocycles. The quantitative estimate of drug-likeness (QED) is 0.479. The van der Waals surface area contributed by atoms with Crippen molar-refractivity contribution in [2.24, 2.45) is 0 Å². The van der Waals surface area contributed by atoms with Crippen LogP contribution in [-0.4, -0.2) is 11.7 Å². The van der Waals surface area contributed by atoms with Crippen molar-refractivity contribution in [3.63, 3.8) is 0 Å². The van der Waals surface area contributed by atoms with Crippen LogP contribution < -0.4 is 9.47 Å². The summed E-state index contributed by atoms with van der Waals surface area (Å²) in [6, 6.07) is 8.82. The van der Waals surface area contributed by atoms with Crippen LogP contribution in [0.25, 0.3) is 0 Å². The van der Waals surface area contributed by atoms with Crippen LogP contribution in [0.5, 0.6) is 11.5 Å². The largest absolute Gasteiger partial charge is 0.457 e. The highest BCUT2D eigenvalue weighted by Crippen LogP contribution is 2.20. The third-order valence-corrected chi connectivity index (χ3v) is 2.40. The molecule has 7 heteroatoms. The number of hydrogen-bond acceptors (Lipinski definition) is 4. The number of ether oxygens (including phenoxy) is 2. The molecule has 0 aromatic heterocycles. The SMILES string of the molecule is O=[N+]([O-])c1ccc(OCOc2cccc(F)c2F)cc1. The molecule has 0 amide bonds. The molecule has 0 unspecified atom stereocenters. The van der Waals surface area contributed by atoms with Crippen LogP contribution in [0, 0.1) is 21.7 Å². The number of halogens is 2. The van der Waals surface area contributed by atoms with Crippen molar-refractivity contribution in [1.29, 1.82) is 0 Å². The van der Waals surface area contributed by atoms with E-state index in [1.165, 1.54) is 36.4 Å². The van der Waals surface area contributed by atoms with Crippen molar-refractivity contribution in [3.8, 4) is 11.5 Å². The van der Waals surface area contributed by atoms with Gasteiger partial charge in [-0.15, -0.1) is 0 Å². The fourth-order valence-corrected chi connectivity index (χ4v) is 1.42. The molecule has 0 heterocycles. The smallest absolute Gasteiger partial charge is 0.269 e. The lowest BCUT2D eigenvalue weighted by molar-refractivity contribution is -0.384. The van der Waals surface area contributed by atoms with Crippen LogP contribution in [0.15, 0.2) is 42.5 Å². The summed E-state index contributed by atoms with van der Waals surface area (Å²) in [6.45, 7) is -0.349. The van der Waals surface area contributed by atoms with Crippen LogP contribution in [0.4, 0.5) is 14.5 Å². The van der Waals surface area contributed by atoms with Gasteiger partial charge in [-0.25, -0.2) is 4.39 Å². The zero-order valence-electron chi connectivity index (χ0n) is 10.1. The molecule has 0 saturated carbocycles. The minimum Gasteiger partial charge on any atom is -0.457 e. The fraction of sp³-hybridized carbons (Fsp3) is 0.0769. The van der Waals surface area contributed by atoms with Crippen molar-refractivity contribution in [1.82, 2.24) is 0 Å². The minimum atomic E-state index is -1.10. The molecule has 0 atom stereocenters. The first kappa shape index (κ1) is 13.7. The molecular weight excluding hydrogens is 272 g/mol. The summed E-state index contributed by atoms with van der Waals surface area (Å²) >= 11 is 0. The van der Waals surface area contributed by atoms with E-state index in [0.29, 0.717) is 5.75 Å². The van der Waals surface area contributed by atoms with Crippen molar-refractivity contribution in [2.45, 2.75) is 0 Å². The minimum absolute atomic E-state index is 0.0746. The highest BCUT2D eigenvalue weighted by atomic mass is 19.2. The van der Waals surface area contributed by atoms with Gasteiger partial charge < -0.3 is 9.47 Å². The van der Waals surface area contributed by atoms with Crippen molar-refractivity contribution < 1.29 is 23.2 Å². The number of benzene rings is 2. The molecule has 0 aliphatic heterocycles. The second kappa shape index (κ2) is 5.96.